The predicted octanol–water partition coefficient (Wildman–Crippen LogP) is 6.20. The van der Waals surface area contributed by atoms with Gasteiger partial charge in [0.2, 0.25) is 0 Å². The molecule has 0 N–H and O–H groups in total. The first kappa shape index (κ1) is 30.7. The van der Waals surface area contributed by atoms with Crippen molar-refractivity contribution in [3.63, 3.8) is 0 Å². The van der Waals surface area contributed by atoms with Crippen LogP contribution in [0.15, 0.2) is 0 Å². The van der Waals surface area contributed by atoms with Gasteiger partial charge in [-0.15, -0.1) is 25.3 Å². The van der Waals surface area contributed by atoms with E-state index < -0.39 is 0 Å². The summed E-state index contributed by atoms with van der Waals surface area (Å²) in [6.45, 7) is 13.0. The van der Waals surface area contributed by atoms with Gasteiger partial charge in [0.05, 0.1) is 0 Å². The first-order valence-corrected chi connectivity index (χ1v) is 11.1. The summed E-state index contributed by atoms with van der Waals surface area (Å²) in [6.07, 6.45) is 9.74. The number of rotatable bonds is 12. The molecule has 0 heterocycles. The van der Waals surface area contributed by atoms with Gasteiger partial charge < -0.3 is 9.80 Å². The van der Waals surface area contributed by atoms with Crippen LogP contribution in [0.2, 0.25) is 0 Å². The molecule has 25 heavy (non-hydrogen) atoms. The van der Waals surface area contributed by atoms with Crippen molar-refractivity contribution in [2.45, 2.75) is 79.1 Å². The Morgan fingerprint density at radius 1 is 0.600 bits per heavy atom. The Morgan fingerprint density at radius 2 is 0.800 bits per heavy atom. The molecule has 7 heteroatoms. The predicted molar refractivity (Wildman–Crippen MR) is 126 cm³/mol. The van der Waals surface area contributed by atoms with Gasteiger partial charge in [-0.05, 0) is 25.7 Å². The van der Waals surface area contributed by atoms with E-state index in [-0.39, 0.29) is 16.5 Å². The minimum absolute atomic E-state index is 0. The van der Waals surface area contributed by atoms with Crippen LogP contribution in [0.4, 0.5) is 0 Å². The topological polar surface area (TPSA) is 6.48 Å². The van der Waals surface area contributed by atoms with Gasteiger partial charge in [0.15, 0.2) is 0 Å². The van der Waals surface area contributed by atoms with Crippen molar-refractivity contribution in [2.75, 3.05) is 26.2 Å². The molecule has 0 amide bonds. The normalized spacial score (nSPS) is 9.52. The molecule has 0 saturated carbocycles. The molecule has 0 aliphatic carbocycles. The first-order chi connectivity index (χ1) is 11.4. The third-order valence-corrected chi connectivity index (χ3v) is 4.75. The van der Waals surface area contributed by atoms with E-state index in [1.165, 1.54) is 51.4 Å². The molecule has 0 spiro atoms. The number of thiocarbonyl (C=S) groups is 2. The zero-order valence-corrected chi connectivity index (χ0v) is 20.8. The Balaban J connectivity index is -0.000000372. The van der Waals surface area contributed by atoms with Crippen LogP contribution in [0.3, 0.4) is 0 Å². The maximum absolute atomic E-state index is 5.03. The molecule has 0 bridgehead atoms. The van der Waals surface area contributed by atoms with E-state index in [4.69, 9.17) is 24.4 Å². The van der Waals surface area contributed by atoms with Crippen LogP contribution in [-0.2, 0) is 16.5 Å². The summed E-state index contributed by atoms with van der Waals surface area (Å²) in [5.41, 5.74) is 0. The molecule has 0 aromatic rings. The van der Waals surface area contributed by atoms with Crippen molar-refractivity contribution in [1.29, 1.82) is 0 Å². The van der Waals surface area contributed by atoms with Crippen LogP contribution < -0.4 is 0 Å². The van der Waals surface area contributed by atoms with E-state index in [0.29, 0.717) is 0 Å². The minimum atomic E-state index is 0. The van der Waals surface area contributed by atoms with Crippen molar-refractivity contribution in [3.8, 4) is 0 Å². The van der Waals surface area contributed by atoms with Gasteiger partial charge in [-0.1, -0.05) is 77.8 Å². The molecular weight excluding hydrogens is 431 g/mol. The van der Waals surface area contributed by atoms with E-state index in [0.717, 1.165) is 34.8 Å². The summed E-state index contributed by atoms with van der Waals surface area (Å²) in [5, 5.41) is 0. The smallest absolute Gasteiger partial charge is 0.358 e. The van der Waals surface area contributed by atoms with Crippen molar-refractivity contribution in [2.24, 2.45) is 0 Å². The standard InChI is InChI=1S/2C9H19NS2.Ni/c2*1-3-5-7-10(9(11)12)8-6-4-2;/h2*3-8H2,1-2H3,(H,11,12);/q;;+2. The number of hydrogen-bond acceptors (Lipinski definition) is 2. The van der Waals surface area contributed by atoms with Gasteiger partial charge in [0, 0.05) is 26.2 Å². The van der Waals surface area contributed by atoms with Crippen LogP contribution in [0.25, 0.3) is 0 Å². The van der Waals surface area contributed by atoms with Crippen LogP contribution in [-0.4, -0.2) is 44.6 Å². The first-order valence-electron chi connectivity index (χ1n) is 9.40. The third kappa shape index (κ3) is 21.1. The summed E-state index contributed by atoms with van der Waals surface area (Å²) in [7, 11) is 0. The number of hydrogen-bond donors (Lipinski definition) is 2. The van der Waals surface area contributed by atoms with E-state index in [1.807, 2.05) is 0 Å². The molecule has 0 saturated heterocycles. The van der Waals surface area contributed by atoms with Crippen molar-refractivity contribution in [3.05, 3.63) is 0 Å². The van der Waals surface area contributed by atoms with Crippen molar-refractivity contribution in [1.82, 2.24) is 9.80 Å². The maximum atomic E-state index is 5.03. The molecule has 2 nitrogen and oxygen atoms in total. The fourth-order valence-corrected chi connectivity index (χ4v) is 2.77. The zero-order chi connectivity index (χ0) is 18.8. The van der Waals surface area contributed by atoms with E-state index in [9.17, 15) is 0 Å². The quantitative estimate of drug-likeness (QED) is 0.199. The van der Waals surface area contributed by atoms with Crippen LogP contribution in [0.5, 0.6) is 0 Å². The van der Waals surface area contributed by atoms with E-state index in [2.05, 4.69) is 62.8 Å². The summed E-state index contributed by atoms with van der Waals surface area (Å²) < 4.78 is 1.49. The molecule has 0 unspecified atom stereocenters. The monoisotopic (exact) mass is 468 g/mol. The van der Waals surface area contributed by atoms with Gasteiger partial charge in [-0.25, -0.2) is 0 Å². The molecule has 0 aromatic carbocycles. The van der Waals surface area contributed by atoms with Gasteiger partial charge >= 0.3 is 16.5 Å². The van der Waals surface area contributed by atoms with Crippen molar-refractivity contribution >= 4 is 58.3 Å². The molecule has 0 radical (unpaired) electrons. The fourth-order valence-electron chi connectivity index (χ4n) is 2.00. The number of thiol groups is 2. The Labute approximate surface area is 189 Å². The van der Waals surface area contributed by atoms with Gasteiger partial charge in [-0.3, -0.25) is 0 Å². The summed E-state index contributed by atoms with van der Waals surface area (Å²) in [5.74, 6) is 0. The molecule has 0 aliphatic rings. The van der Waals surface area contributed by atoms with Crippen LogP contribution >= 0.6 is 49.7 Å². The molecule has 152 valence electrons. The van der Waals surface area contributed by atoms with E-state index >= 15 is 0 Å². The molecule has 0 atom stereocenters. The molecular formula is C18H38N2NiS4+2. The van der Waals surface area contributed by atoms with Crippen LogP contribution in [0.1, 0.15) is 79.1 Å². The summed E-state index contributed by atoms with van der Waals surface area (Å²) >= 11 is 18.5. The SMILES string of the molecule is CCCCN(CCCC)C(=S)S.CCCCN(CCCC)C(=S)S.[Ni+2]. The van der Waals surface area contributed by atoms with Crippen molar-refractivity contribution < 1.29 is 16.5 Å². The Hall–Kier alpha value is 0.974. The van der Waals surface area contributed by atoms with Gasteiger partial charge in [0.25, 0.3) is 0 Å². The largest absolute Gasteiger partial charge is 2.00 e. The third-order valence-electron chi connectivity index (χ3n) is 3.67. The number of nitrogens with zero attached hydrogens (tertiary/aromatic N) is 2. The molecule has 0 rings (SSSR count). The maximum Gasteiger partial charge on any atom is 2.00 e. The summed E-state index contributed by atoms with van der Waals surface area (Å²) in [6, 6.07) is 0. The second-order valence-corrected chi connectivity index (χ2v) is 8.18. The van der Waals surface area contributed by atoms with Crippen LogP contribution in [0, 0.1) is 0 Å². The second-order valence-electron chi connectivity index (χ2n) is 5.95. The Bertz CT molecular complexity index is 271. The molecule has 0 fully saturated rings. The average Bonchev–Trinajstić information content (AvgIpc) is 2.55. The Kier molecular flexibility index (Phi) is 28.3. The van der Waals surface area contributed by atoms with Gasteiger partial charge in [0.1, 0.15) is 8.64 Å². The van der Waals surface area contributed by atoms with Gasteiger partial charge in [-0.2, -0.15) is 0 Å². The Morgan fingerprint density at radius 3 is 0.920 bits per heavy atom. The zero-order valence-electron chi connectivity index (χ0n) is 16.4. The molecule has 0 aromatic heterocycles. The summed E-state index contributed by atoms with van der Waals surface area (Å²) in [4.78, 5) is 4.37. The minimum Gasteiger partial charge on any atom is -0.358 e. The average molecular weight is 469 g/mol. The molecule has 0 aliphatic heterocycles. The number of unbranched alkanes of at least 4 members (excludes halogenated alkanes) is 4. The second kappa shape index (κ2) is 23.0. The fraction of sp³-hybridized carbons (Fsp3) is 0.889. The van der Waals surface area contributed by atoms with E-state index in [1.54, 1.807) is 0 Å².